The molecule has 1 amide bonds. The van der Waals surface area contributed by atoms with E-state index in [1.165, 1.54) is 6.07 Å². The standard InChI is InChI=1S/C13H16BrFN2O.ClH/c1-13(7-16)4-5-17(8-13)12(18)9-2-3-10(14)11(15)6-9;/h2-3,6H,4-5,7-8,16H2,1H3;1H. The lowest BCUT2D eigenvalue weighted by molar-refractivity contribution is 0.0776. The Morgan fingerprint density at radius 3 is 2.79 bits per heavy atom. The van der Waals surface area contributed by atoms with Crippen molar-refractivity contribution in [2.24, 2.45) is 11.1 Å². The number of nitrogens with zero attached hydrogens (tertiary/aromatic N) is 1. The van der Waals surface area contributed by atoms with Crippen LogP contribution in [-0.4, -0.2) is 30.4 Å². The van der Waals surface area contributed by atoms with Crippen LogP contribution in [0.25, 0.3) is 0 Å². The fourth-order valence-electron chi connectivity index (χ4n) is 2.18. The highest BCUT2D eigenvalue weighted by atomic mass is 79.9. The van der Waals surface area contributed by atoms with E-state index in [-0.39, 0.29) is 23.7 Å². The van der Waals surface area contributed by atoms with Crippen molar-refractivity contribution in [2.45, 2.75) is 13.3 Å². The van der Waals surface area contributed by atoms with Gasteiger partial charge in [-0.1, -0.05) is 6.92 Å². The van der Waals surface area contributed by atoms with E-state index in [4.69, 9.17) is 5.73 Å². The second-order valence-corrected chi connectivity index (χ2v) is 5.97. The summed E-state index contributed by atoms with van der Waals surface area (Å²) < 4.78 is 13.8. The molecule has 1 heterocycles. The van der Waals surface area contributed by atoms with Gasteiger partial charge in [0.1, 0.15) is 5.82 Å². The van der Waals surface area contributed by atoms with Gasteiger partial charge in [-0.15, -0.1) is 12.4 Å². The molecule has 1 aliphatic heterocycles. The molecule has 106 valence electrons. The fourth-order valence-corrected chi connectivity index (χ4v) is 2.42. The lowest BCUT2D eigenvalue weighted by Crippen LogP contribution is -2.34. The van der Waals surface area contributed by atoms with Crippen molar-refractivity contribution in [1.29, 1.82) is 0 Å². The van der Waals surface area contributed by atoms with Crippen molar-refractivity contribution in [3.8, 4) is 0 Å². The van der Waals surface area contributed by atoms with Crippen molar-refractivity contribution in [1.82, 2.24) is 4.90 Å². The maximum atomic E-state index is 13.4. The number of nitrogens with two attached hydrogens (primary N) is 1. The van der Waals surface area contributed by atoms with Gasteiger partial charge in [0.25, 0.3) is 5.91 Å². The lowest BCUT2D eigenvalue weighted by atomic mass is 9.90. The Morgan fingerprint density at radius 2 is 2.26 bits per heavy atom. The number of carbonyl (C=O) groups is 1. The molecule has 2 rings (SSSR count). The van der Waals surface area contributed by atoms with E-state index >= 15 is 0 Å². The molecule has 0 aromatic heterocycles. The molecule has 1 atom stereocenters. The van der Waals surface area contributed by atoms with Crippen LogP contribution in [0.2, 0.25) is 0 Å². The molecular weight excluding hydrogens is 335 g/mol. The summed E-state index contributed by atoms with van der Waals surface area (Å²) in [7, 11) is 0. The number of carbonyl (C=O) groups excluding carboxylic acids is 1. The van der Waals surface area contributed by atoms with Crippen LogP contribution >= 0.6 is 28.3 Å². The number of amides is 1. The first-order valence-corrected chi connectivity index (χ1v) is 6.69. The van der Waals surface area contributed by atoms with Gasteiger partial charge in [-0.2, -0.15) is 0 Å². The van der Waals surface area contributed by atoms with Crippen LogP contribution in [0, 0.1) is 11.2 Å². The molecule has 0 aliphatic carbocycles. The van der Waals surface area contributed by atoms with E-state index in [0.29, 0.717) is 29.7 Å². The van der Waals surface area contributed by atoms with Crippen LogP contribution in [0.5, 0.6) is 0 Å². The third-order valence-electron chi connectivity index (χ3n) is 3.50. The Morgan fingerprint density at radius 1 is 1.58 bits per heavy atom. The Labute approximate surface area is 126 Å². The molecule has 6 heteroatoms. The summed E-state index contributed by atoms with van der Waals surface area (Å²) in [5.74, 6) is -0.541. The Balaban J connectivity index is 0.00000180. The summed E-state index contributed by atoms with van der Waals surface area (Å²) in [5.41, 5.74) is 6.08. The molecule has 0 radical (unpaired) electrons. The summed E-state index contributed by atoms with van der Waals surface area (Å²) in [6.07, 6.45) is 0.897. The molecule has 0 spiro atoms. The van der Waals surface area contributed by atoms with Crippen LogP contribution in [0.4, 0.5) is 4.39 Å². The summed E-state index contributed by atoms with van der Waals surface area (Å²) in [4.78, 5) is 14.0. The fraction of sp³-hybridized carbons (Fsp3) is 0.462. The van der Waals surface area contributed by atoms with Crippen molar-refractivity contribution >= 4 is 34.2 Å². The zero-order chi connectivity index (χ0) is 13.3. The average molecular weight is 352 g/mol. The number of hydrogen-bond donors (Lipinski definition) is 1. The second-order valence-electron chi connectivity index (χ2n) is 5.12. The van der Waals surface area contributed by atoms with Gasteiger partial charge in [-0.25, -0.2) is 4.39 Å². The number of halogens is 3. The molecule has 1 aromatic carbocycles. The number of likely N-dealkylation sites (tertiary alicyclic amines) is 1. The van der Waals surface area contributed by atoms with Crippen LogP contribution < -0.4 is 5.73 Å². The van der Waals surface area contributed by atoms with E-state index in [1.54, 1.807) is 17.0 Å². The highest BCUT2D eigenvalue weighted by molar-refractivity contribution is 9.10. The number of rotatable bonds is 2. The lowest BCUT2D eigenvalue weighted by Gasteiger charge is -2.22. The van der Waals surface area contributed by atoms with E-state index < -0.39 is 5.82 Å². The molecule has 0 saturated carbocycles. The highest BCUT2D eigenvalue weighted by Gasteiger charge is 2.35. The van der Waals surface area contributed by atoms with Gasteiger partial charge in [0.2, 0.25) is 0 Å². The molecule has 1 saturated heterocycles. The predicted octanol–water partition coefficient (Wildman–Crippen LogP) is 2.82. The minimum absolute atomic E-state index is 0. The molecule has 1 unspecified atom stereocenters. The van der Waals surface area contributed by atoms with Crippen LogP contribution in [0.1, 0.15) is 23.7 Å². The van der Waals surface area contributed by atoms with Crippen molar-refractivity contribution in [3.63, 3.8) is 0 Å². The van der Waals surface area contributed by atoms with Gasteiger partial charge in [0, 0.05) is 18.7 Å². The highest BCUT2D eigenvalue weighted by Crippen LogP contribution is 2.29. The largest absolute Gasteiger partial charge is 0.338 e. The minimum Gasteiger partial charge on any atom is -0.338 e. The van der Waals surface area contributed by atoms with E-state index in [9.17, 15) is 9.18 Å². The number of benzene rings is 1. The molecule has 3 nitrogen and oxygen atoms in total. The van der Waals surface area contributed by atoms with Gasteiger partial charge < -0.3 is 10.6 Å². The summed E-state index contributed by atoms with van der Waals surface area (Å²) >= 11 is 3.07. The quantitative estimate of drug-likeness (QED) is 0.890. The Bertz CT molecular complexity index is 486. The van der Waals surface area contributed by atoms with E-state index in [0.717, 1.165) is 6.42 Å². The molecule has 1 aliphatic rings. The second kappa shape index (κ2) is 6.20. The summed E-state index contributed by atoms with van der Waals surface area (Å²) in [6.45, 7) is 3.96. The Hall–Kier alpha value is -0.650. The van der Waals surface area contributed by atoms with Crippen molar-refractivity contribution in [2.75, 3.05) is 19.6 Å². The van der Waals surface area contributed by atoms with E-state index in [2.05, 4.69) is 22.9 Å². The molecule has 19 heavy (non-hydrogen) atoms. The summed E-state index contributed by atoms with van der Waals surface area (Å²) in [6, 6.07) is 4.46. The molecule has 0 bridgehead atoms. The maximum absolute atomic E-state index is 13.4. The van der Waals surface area contributed by atoms with Crippen molar-refractivity contribution < 1.29 is 9.18 Å². The third kappa shape index (κ3) is 3.46. The van der Waals surface area contributed by atoms with Crippen LogP contribution in [0.15, 0.2) is 22.7 Å². The van der Waals surface area contributed by atoms with Gasteiger partial charge in [0.15, 0.2) is 0 Å². The van der Waals surface area contributed by atoms with Gasteiger partial charge >= 0.3 is 0 Å². The molecule has 1 aromatic rings. The van der Waals surface area contributed by atoms with Gasteiger partial charge in [-0.3, -0.25) is 4.79 Å². The van der Waals surface area contributed by atoms with Gasteiger partial charge in [0.05, 0.1) is 4.47 Å². The minimum atomic E-state index is -0.415. The molecule has 2 N–H and O–H groups in total. The monoisotopic (exact) mass is 350 g/mol. The van der Waals surface area contributed by atoms with Gasteiger partial charge in [-0.05, 0) is 52.5 Å². The summed E-state index contributed by atoms with van der Waals surface area (Å²) in [5, 5.41) is 0. The normalized spacial score (nSPS) is 22.2. The first kappa shape index (κ1) is 16.4. The maximum Gasteiger partial charge on any atom is 0.253 e. The Kier molecular flexibility index (Phi) is 5.35. The first-order valence-electron chi connectivity index (χ1n) is 5.90. The average Bonchev–Trinajstić information content (AvgIpc) is 2.75. The SMILES string of the molecule is CC1(CN)CCN(C(=O)c2ccc(Br)c(F)c2)C1.Cl. The van der Waals surface area contributed by atoms with Crippen LogP contribution in [-0.2, 0) is 0 Å². The van der Waals surface area contributed by atoms with E-state index in [1.807, 2.05) is 0 Å². The van der Waals surface area contributed by atoms with Crippen LogP contribution in [0.3, 0.4) is 0 Å². The molecular formula is C13H17BrClFN2O. The predicted molar refractivity (Wildman–Crippen MR) is 79.0 cm³/mol. The zero-order valence-electron chi connectivity index (χ0n) is 10.7. The first-order chi connectivity index (χ1) is 8.45. The van der Waals surface area contributed by atoms with Crippen molar-refractivity contribution in [3.05, 3.63) is 34.1 Å². The third-order valence-corrected chi connectivity index (χ3v) is 4.15. The molecule has 1 fully saturated rings. The smallest absolute Gasteiger partial charge is 0.253 e. The zero-order valence-corrected chi connectivity index (χ0v) is 13.1. The topological polar surface area (TPSA) is 46.3 Å². The number of hydrogen-bond acceptors (Lipinski definition) is 2.